The van der Waals surface area contributed by atoms with Gasteiger partial charge in [0.1, 0.15) is 11.6 Å². The second kappa shape index (κ2) is 6.60. The molecule has 1 aromatic carbocycles. The third-order valence-corrected chi connectivity index (χ3v) is 2.73. The van der Waals surface area contributed by atoms with E-state index in [9.17, 15) is 9.50 Å². The minimum Gasteiger partial charge on any atom is -0.493 e. The Morgan fingerprint density at radius 1 is 1.35 bits per heavy atom. The zero-order valence-electron chi connectivity index (χ0n) is 10.7. The number of halogens is 1. The van der Waals surface area contributed by atoms with Crippen molar-refractivity contribution < 1.29 is 14.2 Å². The maximum absolute atomic E-state index is 13.1. The first-order valence-electron chi connectivity index (χ1n) is 6.14. The average Bonchev–Trinajstić information content (AvgIpc) is 2.26. The van der Waals surface area contributed by atoms with Crippen LogP contribution in [-0.4, -0.2) is 11.7 Å². The highest BCUT2D eigenvalue weighted by Crippen LogP contribution is 2.26. The highest BCUT2D eigenvalue weighted by Gasteiger charge is 2.11. The van der Waals surface area contributed by atoms with Gasteiger partial charge in [-0.05, 0) is 31.4 Å². The summed E-state index contributed by atoms with van der Waals surface area (Å²) in [4.78, 5) is 0. The quantitative estimate of drug-likeness (QED) is 0.821. The van der Waals surface area contributed by atoms with Crippen molar-refractivity contribution in [2.24, 2.45) is 5.92 Å². The first-order valence-corrected chi connectivity index (χ1v) is 6.14. The topological polar surface area (TPSA) is 29.5 Å². The molecular formula is C14H21FO2. The molecule has 2 atom stereocenters. The highest BCUT2D eigenvalue weighted by molar-refractivity contribution is 5.35. The van der Waals surface area contributed by atoms with E-state index < -0.39 is 6.10 Å². The van der Waals surface area contributed by atoms with Gasteiger partial charge in [0.25, 0.3) is 0 Å². The summed E-state index contributed by atoms with van der Waals surface area (Å²) in [5.74, 6) is 0.542. The summed E-state index contributed by atoms with van der Waals surface area (Å²) in [5, 5.41) is 9.56. The van der Waals surface area contributed by atoms with Crippen LogP contribution in [0.25, 0.3) is 0 Å². The van der Waals surface area contributed by atoms with Crippen LogP contribution >= 0.6 is 0 Å². The molecule has 0 heterocycles. The molecule has 0 bridgehead atoms. The van der Waals surface area contributed by atoms with Crippen molar-refractivity contribution in [3.63, 3.8) is 0 Å². The van der Waals surface area contributed by atoms with Gasteiger partial charge in [-0.1, -0.05) is 20.3 Å². The molecule has 0 amide bonds. The van der Waals surface area contributed by atoms with Crippen LogP contribution in [0.5, 0.6) is 5.75 Å². The fourth-order valence-electron chi connectivity index (χ4n) is 1.79. The number of hydrogen-bond donors (Lipinski definition) is 1. The van der Waals surface area contributed by atoms with E-state index >= 15 is 0 Å². The SMILES string of the molecule is CCCC(C)COc1cc(F)ccc1[C@H](C)O. The molecule has 0 saturated heterocycles. The van der Waals surface area contributed by atoms with Gasteiger partial charge in [-0.15, -0.1) is 0 Å². The molecule has 0 aromatic heterocycles. The Morgan fingerprint density at radius 2 is 2.06 bits per heavy atom. The predicted molar refractivity (Wildman–Crippen MR) is 66.6 cm³/mol. The Bertz CT molecular complexity index is 350. The van der Waals surface area contributed by atoms with Crippen molar-refractivity contribution in [1.29, 1.82) is 0 Å². The normalized spacial score (nSPS) is 14.4. The summed E-state index contributed by atoms with van der Waals surface area (Å²) in [7, 11) is 0. The molecule has 0 spiro atoms. The zero-order valence-corrected chi connectivity index (χ0v) is 10.7. The average molecular weight is 240 g/mol. The van der Waals surface area contributed by atoms with Crippen LogP contribution in [0.4, 0.5) is 4.39 Å². The largest absolute Gasteiger partial charge is 0.493 e. The molecule has 0 aliphatic heterocycles. The molecule has 0 radical (unpaired) electrons. The molecule has 0 fully saturated rings. The van der Waals surface area contributed by atoms with Gasteiger partial charge < -0.3 is 9.84 Å². The molecule has 17 heavy (non-hydrogen) atoms. The van der Waals surface area contributed by atoms with Crippen LogP contribution in [0.15, 0.2) is 18.2 Å². The van der Waals surface area contributed by atoms with Crippen LogP contribution in [0.2, 0.25) is 0 Å². The second-order valence-electron chi connectivity index (χ2n) is 4.56. The van der Waals surface area contributed by atoms with Crippen molar-refractivity contribution in [3.8, 4) is 5.75 Å². The van der Waals surface area contributed by atoms with E-state index in [-0.39, 0.29) is 5.82 Å². The monoisotopic (exact) mass is 240 g/mol. The summed E-state index contributed by atoms with van der Waals surface area (Å²) in [6, 6.07) is 4.24. The van der Waals surface area contributed by atoms with Gasteiger partial charge in [0.05, 0.1) is 12.7 Å². The molecule has 1 rings (SSSR count). The smallest absolute Gasteiger partial charge is 0.128 e. The minimum absolute atomic E-state index is 0.340. The highest BCUT2D eigenvalue weighted by atomic mass is 19.1. The summed E-state index contributed by atoms with van der Waals surface area (Å²) in [6.07, 6.45) is 1.54. The fraction of sp³-hybridized carbons (Fsp3) is 0.571. The van der Waals surface area contributed by atoms with Crippen LogP contribution in [0, 0.1) is 11.7 Å². The second-order valence-corrected chi connectivity index (χ2v) is 4.56. The lowest BCUT2D eigenvalue weighted by molar-refractivity contribution is 0.186. The summed E-state index contributed by atoms with van der Waals surface area (Å²) in [5.41, 5.74) is 0.634. The van der Waals surface area contributed by atoms with Crippen molar-refractivity contribution in [2.75, 3.05) is 6.61 Å². The molecule has 1 N–H and O–H groups in total. The minimum atomic E-state index is -0.646. The van der Waals surface area contributed by atoms with E-state index in [1.54, 1.807) is 13.0 Å². The molecule has 1 aromatic rings. The van der Waals surface area contributed by atoms with Gasteiger partial charge in [-0.2, -0.15) is 0 Å². The molecule has 96 valence electrons. The summed E-state index contributed by atoms with van der Waals surface area (Å²) in [6.45, 7) is 6.43. The van der Waals surface area contributed by atoms with Crippen molar-refractivity contribution in [1.82, 2.24) is 0 Å². The standard InChI is InChI=1S/C14H21FO2/c1-4-5-10(2)9-17-14-8-12(15)6-7-13(14)11(3)16/h6-8,10-11,16H,4-5,9H2,1-3H3/t10?,11-/m0/s1. The van der Waals surface area contributed by atoms with Gasteiger partial charge in [-0.25, -0.2) is 4.39 Å². The van der Waals surface area contributed by atoms with Crippen LogP contribution in [0.1, 0.15) is 45.3 Å². The number of hydrogen-bond acceptors (Lipinski definition) is 2. The Balaban J connectivity index is 2.71. The van der Waals surface area contributed by atoms with Gasteiger partial charge in [0.15, 0.2) is 0 Å². The van der Waals surface area contributed by atoms with Crippen molar-refractivity contribution >= 4 is 0 Å². The first-order chi connectivity index (χ1) is 8.04. The van der Waals surface area contributed by atoms with E-state index in [1.165, 1.54) is 12.1 Å². The fourth-order valence-corrected chi connectivity index (χ4v) is 1.79. The maximum Gasteiger partial charge on any atom is 0.128 e. The Labute approximate surface area is 102 Å². The lowest BCUT2D eigenvalue weighted by atomic mass is 10.1. The van der Waals surface area contributed by atoms with Crippen molar-refractivity contribution in [3.05, 3.63) is 29.6 Å². The number of benzene rings is 1. The zero-order chi connectivity index (χ0) is 12.8. The van der Waals surface area contributed by atoms with E-state index in [2.05, 4.69) is 13.8 Å². The molecule has 3 heteroatoms. The molecule has 1 unspecified atom stereocenters. The molecule has 0 aliphatic carbocycles. The van der Waals surface area contributed by atoms with Gasteiger partial charge in [-0.3, -0.25) is 0 Å². The van der Waals surface area contributed by atoms with Gasteiger partial charge >= 0.3 is 0 Å². The lowest BCUT2D eigenvalue weighted by Gasteiger charge is -2.16. The number of rotatable bonds is 6. The Kier molecular flexibility index (Phi) is 5.42. The predicted octanol–water partition coefficient (Wildman–Crippen LogP) is 3.69. The third kappa shape index (κ3) is 4.35. The summed E-state index contributed by atoms with van der Waals surface area (Å²) >= 11 is 0. The van der Waals surface area contributed by atoms with E-state index in [1.807, 2.05) is 0 Å². The number of aliphatic hydroxyl groups is 1. The van der Waals surface area contributed by atoms with E-state index in [4.69, 9.17) is 4.74 Å². The van der Waals surface area contributed by atoms with Gasteiger partial charge in [0, 0.05) is 11.6 Å². The van der Waals surface area contributed by atoms with Gasteiger partial charge in [0.2, 0.25) is 0 Å². The maximum atomic E-state index is 13.1. The van der Waals surface area contributed by atoms with Crippen LogP contribution < -0.4 is 4.74 Å². The Morgan fingerprint density at radius 3 is 2.65 bits per heavy atom. The summed E-state index contributed by atoms with van der Waals surface area (Å²) < 4.78 is 18.7. The van der Waals surface area contributed by atoms with Crippen LogP contribution in [0.3, 0.4) is 0 Å². The van der Waals surface area contributed by atoms with E-state index in [0.717, 1.165) is 12.8 Å². The molecule has 0 aliphatic rings. The Hall–Kier alpha value is -1.09. The lowest BCUT2D eigenvalue weighted by Crippen LogP contribution is -2.10. The molecule has 0 saturated carbocycles. The van der Waals surface area contributed by atoms with Crippen LogP contribution in [-0.2, 0) is 0 Å². The number of ether oxygens (including phenoxy) is 1. The first kappa shape index (κ1) is 14.0. The third-order valence-electron chi connectivity index (χ3n) is 2.73. The number of aliphatic hydroxyl groups excluding tert-OH is 1. The molecular weight excluding hydrogens is 219 g/mol. The molecule has 2 nitrogen and oxygen atoms in total. The van der Waals surface area contributed by atoms with E-state index in [0.29, 0.717) is 23.8 Å². The van der Waals surface area contributed by atoms with Crippen molar-refractivity contribution in [2.45, 2.75) is 39.7 Å².